The maximum Gasteiger partial charge on any atom is 0.228 e. The van der Waals surface area contributed by atoms with Gasteiger partial charge in [0.1, 0.15) is 5.82 Å². The molecule has 0 bridgehead atoms. The normalized spacial score (nSPS) is 14.6. The first kappa shape index (κ1) is 19.1. The molecular weight excluding hydrogens is 362 g/mol. The zero-order valence-electron chi connectivity index (χ0n) is 16.8. The van der Waals surface area contributed by atoms with Crippen molar-refractivity contribution in [1.29, 1.82) is 0 Å². The summed E-state index contributed by atoms with van der Waals surface area (Å²) in [4.78, 5) is 19.1. The van der Waals surface area contributed by atoms with Crippen LogP contribution in [0.25, 0.3) is 11.3 Å². The monoisotopic (exact) mass is 387 g/mol. The Labute approximate surface area is 171 Å². The highest BCUT2D eigenvalue weighted by Crippen LogP contribution is 2.25. The van der Waals surface area contributed by atoms with E-state index in [1.165, 1.54) is 5.56 Å². The molecule has 1 fully saturated rings. The zero-order valence-corrected chi connectivity index (χ0v) is 16.8. The first-order valence-corrected chi connectivity index (χ1v) is 9.99. The molecule has 0 aliphatic carbocycles. The maximum absolute atomic E-state index is 12.6. The number of nitrogens with one attached hydrogen (secondary N) is 1. The number of anilines is 2. The lowest BCUT2D eigenvalue weighted by Gasteiger charge is -2.31. The van der Waals surface area contributed by atoms with Crippen molar-refractivity contribution in [3.8, 4) is 11.3 Å². The molecule has 4 rings (SSSR count). The second-order valence-electron chi connectivity index (χ2n) is 7.51. The molecule has 0 unspecified atom stereocenters. The fraction of sp³-hybridized carbons (Fsp3) is 0.304. The molecule has 0 saturated carbocycles. The van der Waals surface area contributed by atoms with Crippen LogP contribution in [0.3, 0.4) is 0 Å². The van der Waals surface area contributed by atoms with E-state index in [0.29, 0.717) is 5.82 Å². The lowest BCUT2D eigenvalue weighted by Crippen LogP contribution is -2.38. The molecule has 6 nitrogen and oxygen atoms in total. The second-order valence-corrected chi connectivity index (χ2v) is 7.51. The molecule has 0 radical (unpaired) electrons. The number of rotatable bonds is 4. The molecule has 0 atom stereocenters. The number of aromatic nitrogens is 3. The smallest absolute Gasteiger partial charge is 0.228 e. The third kappa shape index (κ3) is 4.26. The van der Waals surface area contributed by atoms with Gasteiger partial charge >= 0.3 is 0 Å². The summed E-state index contributed by atoms with van der Waals surface area (Å²) in [6, 6.07) is 16.0. The van der Waals surface area contributed by atoms with Crippen LogP contribution in [0.1, 0.15) is 24.0 Å². The standard InChI is InChI=1S/C23H25N5O/c1-16-6-3-4-8-19(16)20-9-10-21(27-26-20)28-14-11-18(12-15-28)23(29)25-22-17(2)7-5-13-24-22/h3-10,13,18H,11-12,14-15H2,1-2H3,(H,24,25,29). The Morgan fingerprint density at radius 3 is 2.41 bits per heavy atom. The van der Waals surface area contributed by atoms with Crippen molar-refractivity contribution in [2.24, 2.45) is 5.92 Å². The largest absolute Gasteiger partial charge is 0.355 e. The fourth-order valence-corrected chi connectivity index (χ4v) is 3.70. The molecule has 29 heavy (non-hydrogen) atoms. The summed E-state index contributed by atoms with van der Waals surface area (Å²) in [6.07, 6.45) is 3.28. The van der Waals surface area contributed by atoms with Gasteiger partial charge < -0.3 is 10.2 Å². The van der Waals surface area contributed by atoms with Gasteiger partial charge in [0, 0.05) is 30.8 Å². The van der Waals surface area contributed by atoms with E-state index in [1.54, 1.807) is 6.20 Å². The van der Waals surface area contributed by atoms with Crippen LogP contribution in [0.5, 0.6) is 0 Å². The van der Waals surface area contributed by atoms with Crippen molar-refractivity contribution in [2.75, 3.05) is 23.3 Å². The summed E-state index contributed by atoms with van der Waals surface area (Å²) in [7, 11) is 0. The number of aryl methyl sites for hydroxylation is 2. The predicted molar refractivity (Wildman–Crippen MR) is 115 cm³/mol. The van der Waals surface area contributed by atoms with Crippen molar-refractivity contribution in [2.45, 2.75) is 26.7 Å². The summed E-state index contributed by atoms with van der Waals surface area (Å²) in [6.45, 7) is 5.60. The fourth-order valence-electron chi connectivity index (χ4n) is 3.70. The van der Waals surface area contributed by atoms with Crippen LogP contribution in [0.4, 0.5) is 11.6 Å². The predicted octanol–water partition coefficient (Wildman–Crippen LogP) is 4.01. The quantitative estimate of drug-likeness (QED) is 0.732. The summed E-state index contributed by atoms with van der Waals surface area (Å²) in [5.74, 6) is 1.55. The Bertz CT molecular complexity index is 994. The van der Waals surface area contributed by atoms with Gasteiger partial charge in [-0.3, -0.25) is 4.79 Å². The van der Waals surface area contributed by atoms with Crippen LogP contribution in [-0.4, -0.2) is 34.2 Å². The number of carbonyl (C=O) groups excluding carboxylic acids is 1. The van der Waals surface area contributed by atoms with Gasteiger partial charge in [-0.05, 0) is 56.0 Å². The molecular formula is C23H25N5O. The molecule has 3 heterocycles. The van der Waals surface area contributed by atoms with Gasteiger partial charge in [0.2, 0.25) is 5.91 Å². The summed E-state index contributed by atoms with van der Waals surface area (Å²) < 4.78 is 0. The van der Waals surface area contributed by atoms with Crippen LogP contribution in [-0.2, 0) is 4.79 Å². The number of nitrogens with zero attached hydrogens (tertiary/aromatic N) is 4. The first-order valence-electron chi connectivity index (χ1n) is 9.99. The number of pyridine rings is 1. The van der Waals surface area contributed by atoms with E-state index >= 15 is 0 Å². The molecule has 1 aromatic carbocycles. The summed E-state index contributed by atoms with van der Waals surface area (Å²) in [5.41, 5.74) is 4.14. The van der Waals surface area contributed by atoms with Gasteiger partial charge in [-0.2, -0.15) is 0 Å². The van der Waals surface area contributed by atoms with E-state index in [1.807, 2.05) is 43.3 Å². The molecule has 6 heteroatoms. The molecule has 2 aromatic heterocycles. The van der Waals surface area contributed by atoms with Crippen molar-refractivity contribution >= 4 is 17.5 Å². The van der Waals surface area contributed by atoms with E-state index in [0.717, 1.165) is 48.6 Å². The average molecular weight is 387 g/mol. The molecule has 3 aromatic rings. The van der Waals surface area contributed by atoms with Crippen LogP contribution < -0.4 is 10.2 Å². The van der Waals surface area contributed by atoms with Crippen molar-refractivity contribution in [1.82, 2.24) is 15.2 Å². The van der Waals surface area contributed by atoms with Crippen LogP contribution in [0, 0.1) is 19.8 Å². The third-order valence-corrected chi connectivity index (χ3v) is 5.51. The van der Waals surface area contributed by atoms with E-state index in [4.69, 9.17) is 0 Å². The van der Waals surface area contributed by atoms with Gasteiger partial charge in [0.15, 0.2) is 5.82 Å². The molecule has 1 N–H and O–H groups in total. The lowest BCUT2D eigenvalue weighted by atomic mass is 9.96. The Morgan fingerprint density at radius 1 is 0.966 bits per heavy atom. The maximum atomic E-state index is 12.6. The molecule has 1 saturated heterocycles. The second kappa shape index (κ2) is 8.39. The van der Waals surface area contributed by atoms with E-state index in [9.17, 15) is 4.79 Å². The van der Waals surface area contributed by atoms with Gasteiger partial charge in [0.25, 0.3) is 0 Å². The van der Waals surface area contributed by atoms with Crippen LogP contribution in [0.15, 0.2) is 54.7 Å². The Balaban J connectivity index is 1.36. The van der Waals surface area contributed by atoms with E-state index < -0.39 is 0 Å². The van der Waals surface area contributed by atoms with Gasteiger partial charge in [0.05, 0.1) is 5.69 Å². The highest BCUT2D eigenvalue weighted by Gasteiger charge is 2.26. The minimum atomic E-state index is -0.00754. The van der Waals surface area contributed by atoms with E-state index in [-0.39, 0.29) is 11.8 Å². The highest BCUT2D eigenvalue weighted by molar-refractivity contribution is 5.92. The van der Waals surface area contributed by atoms with Gasteiger partial charge in [-0.1, -0.05) is 30.3 Å². The minimum Gasteiger partial charge on any atom is -0.355 e. The van der Waals surface area contributed by atoms with Crippen molar-refractivity contribution in [3.63, 3.8) is 0 Å². The molecule has 0 spiro atoms. The van der Waals surface area contributed by atoms with Crippen molar-refractivity contribution < 1.29 is 4.79 Å². The SMILES string of the molecule is Cc1ccccc1-c1ccc(N2CCC(C(=O)Nc3ncccc3C)CC2)nn1. The number of hydrogen-bond donors (Lipinski definition) is 1. The molecule has 148 valence electrons. The number of piperidine rings is 1. The average Bonchev–Trinajstić information content (AvgIpc) is 2.76. The summed E-state index contributed by atoms with van der Waals surface area (Å²) >= 11 is 0. The molecule has 1 aliphatic rings. The number of amides is 1. The number of benzene rings is 1. The van der Waals surface area contributed by atoms with Crippen molar-refractivity contribution in [3.05, 3.63) is 65.9 Å². The topological polar surface area (TPSA) is 71.0 Å². The Hall–Kier alpha value is -3.28. The van der Waals surface area contributed by atoms with Crippen LogP contribution >= 0.6 is 0 Å². The summed E-state index contributed by atoms with van der Waals surface area (Å²) in [5, 5.41) is 11.8. The number of carbonyl (C=O) groups is 1. The Morgan fingerprint density at radius 2 is 1.72 bits per heavy atom. The zero-order chi connectivity index (χ0) is 20.2. The number of hydrogen-bond acceptors (Lipinski definition) is 5. The molecule has 1 aliphatic heterocycles. The lowest BCUT2D eigenvalue weighted by molar-refractivity contribution is -0.120. The third-order valence-electron chi connectivity index (χ3n) is 5.51. The van der Waals surface area contributed by atoms with E-state index in [2.05, 4.69) is 44.5 Å². The Kier molecular flexibility index (Phi) is 5.51. The minimum absolute atomic E-state index is 0.00754. The van der Waals surface area contributed by atoms with Crippen LogP contribution in [0.2, 0.25) is 0 Å². The first-order chi connectivity index (χ1) is 14.1. The van der Waals surface area contributed by atoms with Gasteiger partial charge in [-0.15, -0.1) is 10.2 Å². The molecule has 1 amide bonds. The van der Waals surface area contributed by atoms with Gasteiger partial charge in [-0.25, -0.2) is 4.98 Å². The highest BCUT2D eigenvalue weighted by atomic mass is 16.1.